The van der Waals surface area contributed by atoms with Gasteiger partial charge in [0.25, 0.3) is 0 Å². The maximum Gasteiger partial charge on any atom is 0.222 e. The number of hydrogen-bond donors (Lipinski definition) is 3. The average Bonchev–Trinajstić information content (AvgIpc) is 3.28. The number of nitrogens with zero attached hydrogens (tertiary/aromatic N) is 6. The van der Waals surface area contributed by atoms with Gasteiger partial charge in [-0.15, -0.1) is 0 Å². The Kier molecular flexibility index (Phi) is 9.33. The van der Waals surface area contributed by atoms with Crippen molar-refractivity contribution in [3.8, 4) is 5.75 Å². The quantitative estimate of drug-likeness (QED) is 0.324. The number of fused-ring (bicyclic) bond motifs is 1. The highest BCUT2D eigenvalue weighted by molar-refractivity contribution is 5.88. The third kappa shape index (κ3) is 6.31. The number of likely N-dealkylation sites (tertiary alicyclic amines) is 1. The van der Waals surface area contributed by atoms with Crippen LogP contribution in [0.15, 0.2) is 12.3 Å². The zero-order valence-corrected chi connectivity index (χ0v) is 24.1. The summed E-state index contributed by atoms with van der Waals surface area (Å²) in [4.78, 5) is 16.5. The number of methoxy groups -OCH3 is 1. The van der Waals surface area contributed by atoms with E-state index >= 15 is 0 Å². The zero-order valence-electron chi connectivity index (χ0n) is 24.1. The van der Waals surface area contributed by atoms with Gasteiger partial charge in [-0.05, 0) is 76.1 Å². The molecule has 0 bridgehead atoms. The molecule has 40 heavy (non-hydrogen) atoms. The van der Waals surface area contributed by atoms with Crippen LogP contribution >= 0.6 is 0 Å². The van der Waals surface area contributed by atoms with Crippen molar-refractivity contribution in [2.75, 3.05) is 51.1 Å². The van der Waals surface area contributed by atoms with Crippen LogP contribution in [0.25, 0.3) is 11.0 Å². The van der Waals surface area contributed by atoms with Gasteiger partial charge in [0.05, 0.1) is 19.3 Å². The molecule has 5 rings (SSSR count). The van der Waals surface area contributed by atoms with E-state index in [-0.39, 0.29) is 18.6 Å². The topological polar surface area (TPSA) is 136 Å². The first-order valence-electron chi connectivity index (χ1n) is 14.7. The first kappa shape index (κ1) is 28.5. The molecule has 0 amide bonds. The minimum Gasteiger partial charge on any atom is -0.495 e. The number of aliphatic hydroxyl groups is 1. The van der Waals surface area contributed by atoms with Gasteiger partial charge in [0.2, 0.25) is 5.95 Å². The van der Waals surface area contributed by atoms with E-state index in [1.54, 1.807) is 7.11 Å². The van der Waals surface area contributed by atoms with Gasteiger partial charge in [-0.1, -0.05) is 13.3 Å². The van der Waals surface area contributed by atoms with Gasteiger partial charge in [-0.3, -0.25) is 9.67 Å². The molecule has 0 aromatic carbocycles. The summed E-state index contributed by atoms with van der Waals surface area (Å²) >= 11 is 0. The fraction of sp³-hybridized carbons (Fsp3) is 0.655. The maximum absolute atomic E-state index is 9.57. The van der Waals surface area contributed by atoms with Gasteiger partial charge < -0.3 is 30.5 Å². The molecule has 0 saturated carbocycles. The second-order valence-corrected chi connectivity index (χ2v) is 11.1. The highest BCUT2D eigenvalue weighted by atomic mass is 16.5. The molecule has 0 unspecified atom stereocenters. The summed E-state index contributed by atoms with van der Waals surface area (Å²) in [6, 6.07) is 2.89. The van der Waals surface area contributed by atoms with Gasteiger partial charge in [-0.25, -0.2) is 4.98 Å². The third-order valence-corrected chi connectivity index (χ3v) is 8.41. The third-order valence-electron chi connectivity index (χ3n) is 8.41. The molecule has 2 saturated heterocycles. The summed E-state index contributed by atoms with van der Waals surface area (Å²) in [5.41, 5.74) is 10.4. The molecular formula is C29H44N8O3. The lowest BCUT2D eigenvalue weighted by molar-refractivity contribution is 0.0251. The fourth-order valence-corrected chi connectivity index (χ4v) is 6.25. The van der Waals surface area contributed by atoms with E-state index in [9.17, 15) is 5.11 Å². The SMILES string of the molecule is CCC[C@@H](CCO)Nc1nc(N)nc2c(C)nn(Cc3ncc(C4CCN(C5CCOCC5)CC4)cc3OC)c12. The van der Waals surface area contributed by atoms with Gasteiger partial charge in [-0.2, -0.15) is 10.1 Å². The molecule has 0 spiro atoms. The molecule has 0 aliphatic carbocycles. The van der Waals surface area contributed by atoms with E-state index in [1.807, 2.05) is 17.8 Å². The van der Waals surface area contributed by atoms with E-state index in [2.05, 4.69) is 33.2 Å². The van der Waals surface area contributed by atoms with Gasteiger partial charge in [0, 0.05) is 38.1 Å². The number of hydrogen-bond acceptors (Lipinski definition) is 10. The Morgan fingerprint density at radius 1 is 1.18 bits per heavy atom. The molecule has 4 N–H and O–H groups in total. The van der Waals surface area contributed by atoms with Gasteiger partial charge >= 0.3 is 0 Å². The van der Waals surface area contributed by atoms with Crippen LogP contribution in [0.4, 0.5) is 11.8 Å². The lowest BCUT2D eigenvalue weighted by atomic mass is 9.89. The summed E-state index contributed by atoms with van der Waals surface area (Å²) in [6.45, 7) is 8.57. The van der Waals surface area contributed by atoms with Crippen LogP contribution < -0.4 is 15.8 Å². The van der Waals surface area contributed by atoms with E-state index in [0.717, 1.165) is 87.5 Å². The standard InChI is InChI=1S/C29H44N8O3/c1-4-5-22(8-13-38)32-28-27-26(33-29(30)34-28)19(2)35-37(27)18-24-25(39-3)16-21(17-31-24)20-6-11-36(12-7-20)23-9-14-40-15-10-23/h16-17,20,22-23,38H,4-15,18H2,1-3H3,(H3,30,32,33,34)/t22-/m0/s1. The minimum atomic E-state index is 0.0703. The molecule has 11 heteroatoms. The number of pyridine rings is 1. The number of anilines is 2. The van der Waals surface area contributed by atoms with Crippen molar-refractivity contribution in [1.29, 1.82) is 0 Å². The number of nitrogens with one attached hydrogen (secondary N) is 1. The highest BCUT2D eigenvalue weighted by Gasteiger charge is 2.28. The second-order valence-electron chi connectivity index (χ2n) is 11.1. The molecule has 218 valence electrons. The lowest BCUT2D eigenvalue weighted by Gasteiger charge is -2.39. The number of aliphatic hydroxyl groups excluding tert-OH is 1. The molecule has 11 nitrogen and oxygen atoms in total. The van der Waals surface area contributed by atoms with Crippen molar-refractivity contribution >= 4 is 22.8 Å². The Morgan fingerprint density at radius 3 is 2.65 bits per heavy atom. The Bertz CT molecular complexity index is 1260. The Morgan fingerprint density at radius 2 is 1.95 bits per heavy atom. The van der Waals surface area contributed by atoms with Crippen LogP contribution in [-0.2, 0) is 11.3 Å². The predicted octanol–water partition coefficient (Wildman–Crippen LogP) is 3.49. The first-order chi connectivity index (χ1) is 19.5. The van der Waals surface area contributed by atoms with Crippen molar-refractivity contribution in [3.63, 3.8) is 0 Å². The summed E-state index contributed by atoms with van der Waals surface area (Å²) in [5, 5.41) is 17.8. The Balaban J connectivity index is 1.36. The molecule has 0 radical (unpaired) electrons. The molecule has 5 heterocycles. The van der Waals surface area contributed by atoms with Crippen molar-refractivity contribution in [1.82, 2.24) is 29.6 Å². The maximum atomic E-state index is 9.57. The summed E-state index contributed by atoms with van der Waals surface area (Å²) in [5.74, 6) is 2.07. The van der Waals surface area contributed by atoms with Crippen molar-refractivity contribution in [2.45, 2.75) is 83.3 Å². The molecule has 2 aliphatic rings. The number of aromatic nitrogens is 5. The minimum absolute atomic E-state index is 0.0703. The highest BCUT2D eigenvalue weighted by Crippen LogP contribution is 2.33. The number of ether oxygens (including phenoxy) is 2. The van der Waals surface area contributed by atoms with Crippen molar-refractivity contribution in [3.05, 3.63) is 29.2 Å². The smallest absolute Gasteiger partial charge is 0.222 e. The average molecular weight is 553 g/mol. The fourth-order valence-electron chi connectivity index (χ4n) is 6.25. The number of nitrogens with two attached hydrogens (primary N) is 1. The number of piperidine rings is 1. The molecule has 2 aliphatic heterocycles. The Labute approximate surface area is 236 Å². The van der Waals surface area contributed by atoms with Crippen LogP contribution in [0, 0.1) is 6.92 Å². The number of aryl methyl sites for hydroxylation is 1. The number of rotatable bonds is 11. The zero-order chi connectivity index (χ0) is 28.1. The van der Waals surface area contributed by atoms with Gasteiger partial charge in [0.15, 0.2) is 5.82 Å². The lowest BCUT2D eigenvalue weighted by Crippen LogP contribution is -2.43. The first-order valence-corrected chi connectivity index (χ1v) is 14.7. The van der Waals surface area contributed by atoms with Crippen LogP contribution in [0.5, 0.6) is 5.75 Å². The number of nitrogen functional groups attached to an aromatic ring is 1. The molecule has 3 aromatic rings. The van der Waals surface area contributed by atoms with Crippen LogP contribution in [0.1, 0.15) is 74.7 Å². The summed E-state index contributed by atoms with van der Waals surface area (Å²) in [7, 11) is 1.70. The van der Waals surface area contributed by atoms with Crippen molar-refractivity contribution < 1.29 is 14.6 Å². The van der Waals surface area contributed by atoms with Crippen LogP contribution in [0.3, 0.4) is 0 Å². The van der Waals surface area contributed by atoms with Crippen LogP contribution in [-0.4, -0.2) is 86.8 Å². The largest absolute Gasteiger partial charge is 0.495 e. The molecule has 2 fully saturated rings. The molecular weight excluding hydrogens is 508 g/mol. The summed E-state index contributed by atoms with van der Waals surface area (Å²) < 4.78 is 13.3. The van der Waals surface area contributed by atoms with Crippen molar-refractivity contribution in [2.24, 2.45) is 0 Å². The Hall–Kier alpha value is -3.02. The normalized spacial score (nSPS) is 18.3. The summed E-state index contributed by atoms with van der Waals surface area (Å²) in [6.07, 6.45) is 9.08. The predicted molar refractivity (Wildman–Crippen MR) is 156 cm³/mol. The van der Waals surface area contributed by atoms with Gasteiger partial charge in [0.1, 0.15) is 22.5 Å². The van der Waals surface area contributed by atoms with E-state index in [1.165, 1.54) is 5.56 Å². The monoisotopic (exact) mass is 552 g/mol. The second kappa shape index (κ2) is 13.1. The van der Waals surface area contributed by atoms with Crippen LogP contribution in [0.2, 0.25) is 0 Å². The van der Waals surface area contributed by atoms with E-state index in [4.69, 9.17) is 25.3 Å². The van der Waals surface area contributed by atoms with E-state index in [0.29, 0.717) is 36.3 Å². The molecule has 1 atom stereocenters. The van der Waals surface area contributed by atoms with E-state index < -0.39 is 0 Å². The molecule has 3 aromatic heterocycles.